The number of H-pyrrole nitrogens is 1. The second-order valence-electron chi connectivity index (χ2n) is 8.78. The summed E-state index contributed by atoms with van der Waals surface area (Å²) < 4.78 is 61.2. The quantitative estimate of drug-likeness (QED) is 0.178. The number of hydrogen-bond acceptors (Lipinski definition) is 11. The number of nitrogens with one attached hydrogen (secondary N) is 1. The summed E-state index contributed by atoms with van der Waals surface area (Å²) >= 11 is 6.55. The number of aromatic nitrogens is 4. The van der Waals surface area contributed by atoms with Crippen LogP contribution in [0.3, 0.4) is 0 Å². The van der Waals surface area contributed by atoms with Gasteiger partial charge in [0.1, 0.15) is 17.9 Å². The number of esters is 2. The van der Waals surface area contributed by atoms with Gasteiger partial charge in [0.2, 0.25) is 11.8 Å². The molecular formula is C28H27ClF2N4O9. The molecule has 0 unspecified atom stereocenters. The van der Waals surface area contributed by atoms with Crippen molar-refractivity contribution in [2.75, 3.05) is 34.5 Å². The van der Waals surface area contributed by atoms with E-state index in [1.807, 2.05) is 0 Å². The smallest absolute Gasteiger partial charge is 0.332 e. The highest BCUT2D eigenvalue weighted by Gasteiger charge is 2.36. The lowest BCUT2D eigenvalue weighted by Gasteiger charge is -2.16. The minimum atomic E-state index is -1.70. The molecule has 16 heteroatoms. The number of carbonyl (C=O) groups excluding carboxylic acids is 2. The third-order valence-corrected chi connectivity index (χ3v) is 6.54. The monoisotopic (exact) mass is 636 g/mol. The highest BCUT2D eigenvalue weighted by atomic mass is 35.5. The van der Waals surface area contributed by atoms with Crippen molar-refractivity contribution in [2.24, 2.45) is 0 Å². The van der Waals surface area contributed by atoms with Gasteiger partial charge in [-0.15, -0.1) is 0 Å². The van der Waals surface area contributed by atoms with Gasteiger partial charge in [-0.3, -0.25) is 14.6 Å². The number of rotatable bonds is 12. The number of halogens is 3. The van der Waals surface area contributed by atoms with Gasteiger partial charge in [0.25, 0.3) is 0 Å². The topological polar surface area (TPSA) is 153 Å². The molecule has 0 atom stereocenters. The van der Waals surface area contributed by atoms with Gasteiger partial charge >= 0.3 is 17.6 Å². The molecule has 0 bridgehead atoms. The summed E-state index contributed by atoms with van der Waals surface area (Å²) in [6.45, 7) is 2.53. The van der Waals surface area contributed by atoms with Crippen molar-refractivity contribution in [2.45, 2.75) is 26.4 Å². The molecule has 0 radical (unpaired) electrons. The van der Waals surface area contributed by atoms with Gasteiger partial charge in [-0.25, -0.2) is 23.1 Å². The fraction of sp³-hybridized carbons (Fsp3) is 0.321. The molecular weight excluding hydrogens is 610 g/mol. The maximum Gasteiger partial charge on any atom is 0.332 e. The average molecular weight is 637 g/mol. The molecule has 0 aliphatic heterocycles. The minimum Gasteiger partial charge on any atom is -0.496 e. The standard InChI is InChI=1S/C28H27ClF2N4O9/c1-6-42-26(36)20(27(37)43-7-2)23-33-24-22(25(34-23)41-5)32-28(38)35(24)16-11-19(18(40-4)10-14(16)29)44-12-13-17(39-3)9-8-15(30)21(13)31/h8-11,20H,6-7,12H2,1-5H3,(H,32,38). The van der Waals surface area contributed by atoms with E-state index in [1.54, 1.807) is 13.8 Å². The van der Waals surface area contributed by atoms with E-state index in [0.717, 1.165) is 10.6 Å². The van der Waals surface area contributed by atoms with Crippen LogP contribution in [0.15, 0.2) is 29.1 Å². The second-order valence-corrected chi connectivity index (χ2v) is 9.18. The molecule has 13 nitrogen and oxygen atoms in total. The summed E-state index contributed by atoms with van der Waals surface area (Å²) in [6.07, 6.45) is 0. The molecule has 44 heavy (non-hydrogen) atoms. The Balaban J connectivity index is 1.89. The number of methoxy groups -OCH3 is 3. The van der Waals surface area contributed by atoms with Crippen molar-refractivity contribution in [1.29, 1.82) is 0 Å². The number of ether oxygens (including phenoxy) is 6. The number of benzene rings is 2. The Kier molecular flexibility index (Phi) is 9.88. The zero-order chi connectivity index (χ0) is 32.1. The first kappa shape index (κ1) is 32.0. The Morgan fingerprint density at radius 3 is 2.20 bits per heavy atom. The lowest BCUT2D eigenvalue weighted by molar-refractivity contribution is -0.157. The highest BCUT2D eigenvalue weighted by Crippen LogP contribution is 2.37. The van der Waals surface area contributed by atoms with E-state index in [1.165, 1.54) is 39.5 Å². The minimum absolute atomic E-state index is 0.000850. The molecule has 4 rings (SSSR count). The van der Waals surface area contributed by atoms with E-state index in [2.05, 4.69) is 15.0 Å². The third-order valence-electron chi connectivity index (χ3n) is 6.24. The second kappa shape index (κ2) is 13.6. The summed E-state index contributed by atoms with van der Waals surface area (Å²) in [5, 5.41) is -0.0156. The summed E-state index contributed by atoms with van der Waals surface area (Å²) in [6, 6.07) is 4.80. The summed E-state index contributed by atoms with van der Waals surface area (Å²) in [5.74, 6) is -6.35. The van der Waals surface area contributed by atoms with Crippen molar-refractivity contribution >= 4 is 34.7 Å². The van der Waals surface area contributed by atoms with Gasteiger partial charge in [-0.05, 0) is 26.0 Å². The molecule has 0 saturated carbocycles. The number of nitrogens with zero attached hydrogens (tertiary/aromatic N) is 3. The fourth-order valence-corrected chi connectivity index (χ4v) is 4.49. The van der Waals surface area contributed by atoms with Crippen LogP contribution in [0.4, 0.5) is 8.78 Å². The number of hydrogen-bond donors (Lipinski definition) is 1. The van der Waals surface area contributed by atoms with Crippen molar-refractivity contribution in [3.63, 3.8) is 0 Å². The zero-order valence-corrected chi connectivity index (χ0v) is 24.9. The van der Waals surface area contributed by atoms with Crippen molar-refractivity contribution in [3.05, 3.63) is 62.8 Å². The Morgan fingerprint density at radius 1 is 0.955 bits per heavy atom. The van der Waals surface area contributed by atoms with Crippen LogP contribution in [-0.2, 0) is 25.7 Å². The normalized spacial score (nSPS) is 11.0. The molecule has 1 N–H and O–H groups in total. The van der Waals surface area contributed by atoms with Crippen molar-refractivity contribution < 1.29 is 46.8 Å². The van der Waals surface area contributed by atoms with Crippen LogP contribution in [0.2, 0.25) is 5.02 Å². The van der Waals surface area contributed by atoms with Gasteiger partial charge in [0.15, 0.2) is 34.6 Å². The molecule has 0 aliphatic rings. The third kappa shape index (κ3) is 6.08. The van der Waals surface area contributed by atoms with Crippen molar-refractivity contribution in [1.82, 2.24) is 19.5 Å². The molecule has 2 aromatic carbocycles. The molecule has 0 saturated heterocycles. The molecule has 0 amide bonds. The first-order valence-corrected chi connectivity index (χ1v) is 13.4. The van der Waals surface area contributed by atoms with Gasteiger partial charge in [0, 0.05) is 12.1 Å². The van der Waals surface area contributed by atoms with E-state index in [9.17, 15) is 23.2 Å². The summed E-state index contributed by atoms with van der Waals surface area (Å²) in [4.78, 5) is 49.9. The van der Waals surface area contributed by atoms with E-state index >= 15 is 0 Å². The molecule has 0 fully saturated rings. The number of imidazole rings is 1. The Hall–Kier alpha value is -4.92. The van der Waals surface area contributed by atoms with Crippen LogP contribution in [0.5, 0.6) is 23.1 Å². The fourth-order valence-electron chi connectivity index (χ4n) is 4.25. The number of carbonyl (C=O) groups is 2. The van der Waals surface area contributed by atoms with Crippen LogP contribution in [0.25, 0.3) is 16.9 Å². The molecule has 2 aromatic heterocycles. The Morgan fingerprint density at radius 2 is 1.61 bits per heavy atom. The summed E-state index contributed by atoms with van der Waals surface area (Å²) in [7, 11) is 3.88. The van der Waals surface area contributed by atoms with Crippen LogP contribution in [0.1, 0.15) is 31.2 Å². The van der Waals surface area contributed by atoms with Crippen LogP contribution in [0, 0.1) is 11.6 Å². The lowest BCUT2D eigenvalue weighted by atomic mass is 10.1. The summed E-state index contributed by atoms with van der Waals surface area (Å²) in [5.41, 5.74) is -1.09. The highest BCUT2D eigenvalue weighted by molar-refractivity contribution is 6.32. The molecule has 234 valence electrons. The van der Waals surface area contributed by atoms with Gasteiger partial charge < -0.3 is 28.4 Å². The van der Waals surface area contributed by atoms with Gasteiger partial charge in [-0.2, -0.15) is 4.98 Å². The largest absolute Gasteiger partial charge is 0.496 e. The Bertz CT molecular complexity index is 1760. The maximum atomic E-state index is 14.6. The lowest BCUT2D eigenvalue weighted by Crippen LogP contribution is -2.28. The number of aromatic amines is 1. The van der Waals surface area contributed by atoms with Crippen molar-refractivity contribution in [3.8, 4) is 28.8 Å². The van der Waals surface area contributed by atoms with Crippen LogP contribution < -0.4 is 24.6 Å². The average Bonchev–Trinajstić information content (AvgIpc) is 3.33. The van der Waals surface area contributed by atoms with E-state index in [-0.39, 0.29) is 69.6 Å². The molecule has 2 heterocycles. The van der Waals surface area contributed by atoms with Crippen LogP contribution in [-0.4, -0.2) is 66.0 Å². The predicted molar refractivity (Wildman–Crippen MR) is 151 cm³/mol. The first-order valence-electron chi connectivity index (χ1n) is 13.0. The zero-order valence-electron chi connectivity index (χ0n) is 24.2. The van der Waals surface area contributed by atoms with E-state index in [0.29, 0.717) is 0 Å². The maximum absolute atomic E-state index is 14.6. The number of fused-ring (bicyclic) bond motifs is 1. The van der Waals surface area contributed by atoms with E-state index < -0.39 is 41.8 Å². The van der Waals surface area contributed by atoms with E-state index in [4.69, 9.17) is 40.0 Å². The molecule has 0 spiro atoms. The SMILES string of the molecule is CCOC(=O)C(C(=O)OCC)c1nc(OC)c2[nH]c(=O)n(-c3cc(OCc4c(OC)ccc(F)c4F)c(OC)cc3Cl)c2n1. The first-order chi connectivity index (χ1) is 21.1. The van der Waals surface area contributed by atoms with Gasteiger partial charge in [0.05, 0.1) is 50.8 Å². The predicted octanol–water partition coefficient (Wildman–Crippen LogP) is 3.86. The van der Waals surface area contributed by atoms with Gasteiger partial charge in [-0.1, -0.05) is 11.6 Å². The molecule has 0 aliphatic carbocycles. The molecule has 4 aromatic rings. The Labute approximate surface area is 253 Å². The van der Waals surface area contributed by atoms with Crippen LogP contribution >= 0.6 is 11.6 Å².